The van der Waals surface area contributed by atoms with E-state index in [9.17, 15) is 0 Å². The van der Waals surface area contributed by atoms with Crippen molar-refractivity contribution in [3.8, 4) is 0 Å². The molecule has 0 aliphatic heterocycles. The molecule has 0 saturated heterocycles. The van der Waals surface area contributed by atoms with Gasteiger partial charge >= 0.3 is 0 Å². The van der Waals surface area contributed by atoms with Gasteiger partial charge in [0.15, 0.2) is 0 Å². The highest BCUT2D eigenvalue weighted by molar-refractivity contribution is 9.10. The molecule has 3 unspecified atom stereocenters. The lowest BCUT2D eigenvalue weighted by Crippen LogP contribution is -2.37. The molecule has 1 aliphatic rings. The fourth-order valence-corrected chi connectivity index (χ4v) is 3.71. The van der Waals surface area contributed by atoms with Crippen molar-refractivity contribution in [2.24, 2.45) is 17.6 Å². The van der Waals surface area contributed by atoms with Gasteiger partial charge in [0, 0.05) is 15.5 Å². The maximum atomic E-state index is 6.30. The number of hydrogen-bond acceptors (Lipinski definition) is 1. The zero-order chi connectivity index (χ0) is 13.1. The number of rotatable bonds is 3. The molecule has 0 bridgehead atoms. The lowest BCUT2D eigenvalue weighted by Gasteiger charge is -2.34. The van der Waals surface area contributed by atoms with Gasteiger partial charge in [-0.3, -0.25) is 0 Å². The summed E-state index contributed by atoms with van der Waals surface area (Å²) in [6.45, 7) is 2.28. The van der Waals surface area contributed by atoms with E-state index in [0.29, 0.717) is 12.0 Å². The second-order valence-electron chi connectivity index (χ2n) is 5.45. The summed E-state index contributed by atoms with van der Waals surface area (Å²) in [6.07, 6.45) is 6.00. The van der Waals surface area contributed by atoms with Crippen LogP contribution in [0.2, 0.25) is 5.02 Å². The van der Waals surface area contributed by atoms with Crippen molar-refractivity contribution >= 4 is 27.5 Å². The summed E-state index contributed by atoms with van der Waals surface area (Å²) in [7, 11) is 0. The molecule has 1 aliphatic carbocycles. The third-order valence-corrected chi connectivity index (χ3v) is 5.07. The minimum atomic E-state index is 0.340. The van der Waals surface area contributed by atoms with E-state index in [1.165, 1.54) is 24.8 Å². The van der Waals surface area contributed by atoms with Gasteiger partial charge in [0.25, 0.3) is 0 Å². The molecule has 0 spiro atoms. The van der Waals surface area contributed by atoms with Crippen molar-refractivity contribution in [1.82, 2.24) is 0 Å². The molecule has 1 saturated carbocycles. The van der Waals surface area contributed by atoms with Crippen LogP contribution in [0.1, 0.15) is 38.2 Å². The molecule has 1 fully saturated rings. The Morgan fingerprint density at radius 1 is 1.39 bits per heavy atom. The minimum Gasteiger partial charge on any atom is -0.327 e. The Hall–Kier alpha value is -0.0500. The summed E-state index contributed by atoms with van der Waals surface area (Å²) in [6, 6.07) is 6.50. The summed E-state index contributed by atoms with van der Waals surface area (Å²) < 4.78 is 1.04. The van der Waals surface area contributed by atoms with Crippen LogP contribution in [0.15, 0.2) is 22.7 Å². The van der Waals surface area contributed by atoms with Crippen LogP contribution in [0.3, 0.4) is 0 Å². The second-order valence-corrected chi connectivity index (χ2v) is 6.77. The molecule has 0 aromatic heterocycles. The average Bonchev–Trinajstić information content (AvgIpc) is 2.35. The highest BCUT2D eigenvalue weighted by Crippen LogP contribution is 2.34. The van der Waals surface area contributed by atoms with Crippen molar-refractivity contribution in [2.45, 2.75) is 45.1 Å². The highest BCUT2D eigenvalue weighted by Gasteiger charge is 2.27. The maximum Gasteiger partial charge on any atom is 0.0449 e. The predicted molar refractivity (Wildman–Crippen MR) is 82.0 cm³/mol. The first kappa shape index (κ1) is 14.4. The average molecular weight is 331 g/mol. The van der Waals surface area contributed by atoms with Crippen LogP contribution in [0, 0.1) is 11.8 Å². The summed E-state index contributed by atoms with van der Waals surface area (Å²) in [5, 5.41) is 0.857. The van der Waals surface area contributed by atoms with E-state index in [2.05, 4.69) is 35.0 Å². The van der Waals surface area contributed by atoms with E-state index >= 15 is 0 Å². The largest absolute Gasteiger partial charge is 0.327 e. The van der Waals surface area contributed by atoms with Crippen LogP contribution in [-0.2, 0) is 6.42 Å². The Morgan fingerprint density at radius 3 is 2.83 bits per heavy atom. The third kappa shape index (κ3) is 3.49. The smallest absolute Gasteiger partial charge is 0.0449 e. The lowest BCUT2D eigenvalue weighted by atomic mass is 9.75. The van der Waals surface area contributed by atoms with Crippen LogP contribution in [0.5, 0.6) is 0 Å². The normalized spacial score (nSPS) is 28.3. The molecule has 3 atom stereocenters. The van der Waals surface area contributed by atoms with Gasteiger partial charge in [0.1, 0.15) is 0 Å². The minimum absolute atomic E-state index is 0.340. The van der Waals surface area contributed by atoms with E-state index in [1.807, 2.05) is 6.07 Å². The number of halogens is 2. The van der Waals surface area contributed by atoms with Crippen molar-refractivity contribution in [3.63, 3.8) is 0 Å². The predicted octanol–water partition coefficient (Wildman–Crippen LogP) is 4.80. The van der Waals surface area contributed by atoms with E-state index in [-0.39, 0.29) is 0 Å². The number of nitrogens with two attached hydrogens (primary N) is 1. The Kier molecular flexibility index (Phi) is 5.11. The molecule has 18 heavy (non-hydrogen) atoms. The van der Waals surface area contributed by atoms with Gasteiger partial charge in [-0.2, -0.15) is 0 Å². The topological polar surface area (TPSA) is 26.0 Å². The van der Waals surface area contributed by atoms with Crippen molar-refractivity contribution in [3.05, 3.63) is 33.3 Å². The van der Waals surface area contributed by atoms with Gasteiger partial charge in [0.05, 0.1) is 0 Å². The highest BCUT2D eigenvalue weighted by atomic mass is 79.9. The van der Waals surface area contributed by atoms with Crippen LogP contribution in [0.25, 0.3) is 0 Å². The Labute approximate surface area is 123 Å². The summed E-state index contributed by atoms with van der Waals surface area (Å²) in [4.78, 5) is 0. The van der Waals surface area contributed by atoms with E-state index in [1.54, 1.807) is 0 Å². The van der Waals surface area contributed by atoms with Crippen molar-refractivity contribution in [1.29, 1.82) is 0 Å². The zero-order valence-corrected chi connectivity index (χ0v) is 13.2. The molecular formula is C15H21BrClN. The first-order valence-electron chi connectivity index (χ1n) is 6.79. The number of benzene rings is 1. The fraction of sp³-hybridized carbons (Fsp3) is 0.600. The van der Waals surface area contributed by atoms with E-state index in [4.69, 9.17) is 17.3 Å². The first-order valence-corrected chi connectivity index (χ1v) is 7.96. The molecule has 1 nitrogen and oxygen atoms in total. The standard InChI is InChI=1S/C15H21BrClN/c1-2-10-3-6-15(18)12(7-10)8-11-4-5-13(16)9-14(11)17/h4-5,9-10,12,15H,2-3,6-8,18H2,1H3. The van der Waals surface area contributed by atoms with Crippen LogP contribution < -0.4 is 5.73 Å². The quantitative estimate of drug-likeness (QED) is 0.846. The van der Waals surface area contributed by atoms with Crippen LogP contribution in [0.4, 0.5) is 0 Å². The van der Waals surface area contributed by atoms with Crippen LogP contribution in [-0.4, -0.2) is 6.04 Å². The Bertz CT molecular complexity index is 407. The monoisotopic (exact) mass is 329 g/mol. The zero-order valence-electron chi connectivity index (χ0n) is 10.8. The molecule has 3 heteroatoms. The molecule has 0 amide bonds. The molecular weight excluding hydrogens is 310 g/mol. The van der Waals surface area contributed by atoms with E-state index < -0.39 is 0 Å². The van der Waals surface area contributed by atoms with Gasteiger partial charge in [-0.15, -0.1) is 0 Å². The number of hydrogen-bond donors (Lipinski definition) is 1. The third-order valence-electron chi connectivity index (χ3n) is 4.22. The molecule has 2 N–H and O–H groups in total. The first-order chi connectivity index (χ1) is 8.60. The Morgan fingerprint density at radius 2 is 2.17 bits per heavy atom. The van der Waals surface area contributed by atoms with Gasteiger partial charge in [-0.1, -0.05) is 46.9 Å². The Balaban J connectivity index is 2.07. The molecule has 1 aromatic carbocycles. The van der Waals surface area contributed by atoms with Gasteiger partial charge in [0.2, 0.25) is 0 Å². The van der Waals surface area contributed by atoms with Crippen LogP contribution >= 0.6 is 27.5 Å². The van der Waals surface area contributed by atoms with Gasteiger partial charge < -0.3 is 5.73 Å². The maximum absolute atomic E-state index is 6.30. The summed E-state index contributed by atoms with van der Waals surface area (Å²) in [5.74, 6) is 1.44. The van der Waals surface area contributed by atoms with Crippen molar-refractivity contribution < 1.29 is 0 Å². The summed E-state index contributed by atoms with van der Waals surface area (Å²) >= 11 is 9.74. The van der Waals surface area contributed by atoms with Gasteiger partial charge in [-0.05, 0) is 55.2 Å². The molecule has 0 radical (unpaired) electrons. The molecule has 1 aromatic rings. The summed E-state index contributed by atoms with van der Waals surface area (Å²) in [5.41, 5.74) is 7.50. The molecule has 0 heterocycles. The lowest BCUT2D eigenvalue weighted by molar-refractivity contribution is 0.227. The van der Waals surface area contributed by atoms with Gasteiger partial charge in [-0.25, -0.2) is 0 Å². The van der Waals surface area contributed by atoms with E-state index in [0.717, 1.165) is 28.3 Å². The molecule has 100 valence electrons. The van der Waals surface area contributed by atoms with Crippen molar-refractivity contribution in [2.75, 3.05) is 0 Å². The molecule has 2 rings (SSSR count). The SMILES string of the molecule is CCC1CCC(N)C(Cc2ccc(Br)cc2Cl)C1. The second kappa shape index (κ2) is 6.40. The fourth-order valence-electron chi connectivity index (χ4n) is 2.96.